The highest BCUT2D eigenvalue weighted by atomic mass is 35.5. The normalized spacial score (nSPS) is 10.1. The van der Waals surface area contributed by atoms with Gasteiger partial charge in [0.2, 0.25) is 0 Å². The highest BCUT2D eigenvalue weighted by Crippen LogP contribution is 2.29. The number of Topliss-reactive ketones (excluding diaryl/α,β-unsaturated/α-hetero) is 1. The van der Waals surface area contributed by atoms with E-state index in [0.29, 0.717) is 22.7 Å². The van der Waals surface area contributed by atoms with Gasteiger partial charge in [-0.05, 0) is 30.3 Å². The second-order valence-electron chi connectivity index (χ2n) is 4.77. The molecular formula is C16H15ClN2O5. The third kappa shape index (κ3) is 3.94. The zero-order valence-electron chi connectivity index (χ0n) is 13.0. The lowest BCUT2D eigenvalue weighted by Crippen LogP contribution is -2.14. The molecule has 126 valence electrons. The van der Waals surface area contributed by atoms with Gasteiger partial charge in [-0.15, -0.1) is 0 Å². The number of methoxy groups -OCH3 is 2. The summed E-state index contributed by atoms with van der Waals surface area (Å²) in [7, 11) is 2.99. The molecule has 0 aliphatic carbocycles. The van der Waals surface area contributed by atoms with Gasteiger partial charge in [0.15, 0.2) is 17.3 Å². The van der Waals surface area contributed by atoms with Crippen molar-refractivity contribution in [3.63, 3.8) is 0 Å². The number of benzene rings is 2. The summed E-state index contributed by atoms with van der Waals surface area (Å²) in [5, 5.41) is 13.8. The molecule has 0 bridgehead atoms. The molecule has 0 radical (unpaired) electrons. The number of halogens is 1. The van der Waals surface area contributed by atoms with E-state index in [4.69, 9.17) is 21.1 Å². The number of hydrogen-bond acceptors (Lipinski definition) is 6. The Morgan fingerprint density at radius 1 is 1.17 bits per heavy atom. The first-order chi connectivity index (χ1) is 11.5. The maximum Gasteiger partial charge on any atom is 0.289 e. The number of rotatable bonds is 7. The maximum atomic E-state index is 12.3. The van der Waals surface area contributed by atoms with Gasteiger partial charge in [-0.2, -0.15) is 0 Å². The largest absolute Gasteiger partial charge is 0.493 e. The average molecular weight is 351 g/mol. The molecule has 0 aromatic heterocycles. The fourth-order valence-corrected chi connectivity index (χ4v) is 2.24. The summed E-state index contributed by atoms with van der Waals surface area (Å²) in [5.41, 5.74) is 0.642. The zero-order chi connectivity index (χ0) is 17.7. The van der Waals surface area contributed by atoms with Crippen LogP contribution in [0.5, 0.6) is 11.5 Å². The fourth-order valence-electron chi connectivity index (χ4n) is 2.06. The summed E-state index contributed by atoms with van der Waals surface area (Å²) < 4.78 is 10.3. The van der Waals surface area contributed by atoms with Crippen molar-refractivity contribution < 1.29 is 19.2 Å². The number of ether oxygens (including phenoxy) is 2. The van der Waals surface area contributed by atoms with Crippen LogP contribution in [-0.2, 0) is 0 Å². The van der Waals surface area contributed by atoms with Crippen molar-refractivity contribution in [2.45, 2.75) is 0 Å². The Hall–Kier alpha value is -2.80. The van der Waals surface area contributed by atoms with Gasteiger partial charge in [0.05, 0.1) is 25.7 Å². The van der Waals surface area contributed by atoms with Gasteiger partial charge >= 0.3 is 0 Å². The number of nitro groups is 1. The van der Waals surface area contributed by atoms with E-state index in [9.17, 15) is 14.9 Å². The molecule has 0 amide bonds. The number of nitrogens with one attached hydrogen (secondary N) is 1. The third-order valence-electron chi connectivity index (χ3n) is 3.30. The monoisotopic (exact) mass is 350 g/mol. The fraction of sp³-hybridized carbons (Fsp3) is 0.188. The molecule has 0 spiro atoms. The predicted octanol–water partition coefficient (Wildman–Crippen LogP) is 3.56. The van der Waals surface area contributed by atoms with Gasteiger partial charge in [-0.25, -0.2) is 0 Å². The van der Waals surface area contributed by atoms with Crippen molar-refractivity contribution in [3.8, 4) is 11.5 Å². The van der Waals surface area contributed by atoms with Crippen LogP contribution in [-0.4, -0.2) is 31.5 Å². The third-order valence-corrected chi connectivity index (χ3v) is 3.62. The number of nitro benzene ring substituents is 1. The quantitative estimate of drug-likeness (QED) is 0.466. The van der Waals surface area contributed by atoms with E-state index in [2.05, 4.69) is 5.32 Å². The van der Waals surface area contributed by atoms with Crippen LogP contribution in [0.2, 0.25) is 5.02 Å². The van der Waals surface area contributed by atoms with Crippen LogP contribution >= 0.6 is 11.6 Å². The highest BCUT2D eigenvalue weighted by Gasteiger charge is 2.14. The average Bonchev–Trinajstić information content (AvgIpc) is 2.59. The number of carbonyl (C=O) groups excluding carboxylic acids is 1. The topological polar surface area (TPSA) is 90.7 Å². The second kappa shape index (κ2) is 7.65. The van der Waals surface area contributed by atoms with Gasteiger partial charge in [0.1, 0.15) is 5.02 Å². The molecule has 2 aromatic carbocycles. The number of nitrogens with zero attached hydrogens (tertiary/aromatic N) is 1. The molecule has 0 saturated heterocycles. The molecule has 24 heavy (non-hydrogen) atoms. The van der Waals surface area contributed by atoms with Gasteiger partial charge in [-0.1, -0.05) is 11.6 Å². The summed E-state index contributed by atoms with van der Waals surface area (Å²) in [5.74, 6) is 0.773. The maximum absolute atomic E-state index is 12.3. The van der Waals surface area contributed by atoms with Crippen LogP contribution in [0.4, 0.5) is 11.4 Å². The molecule has 0 aliphatic heterocycles. The Kier molecular flexibility index (Phi) is 5.59. The summed E-state index contributed by atoms with van der Waals surface area (Å²) in [6.45, 7) is -0.0335. The van der Waals surface area contributed by atoms with Crippen LogP contribution in [0.25, 0.3) is 0 Å². The van der Waals surface area contributed by atoms with E-state index in [1.54, 1.807) is 24.3 Å². The smallest absolute Gasteiger partial charge is 0.289 e. The zero-order valence-corrected chi connectivity index (χ0v) is 13.8. The van der Waals surface area contributed by atoms with E-state index in [1.807, 2.05) is 0 Å². The summed E-state index contributed by atoms with van der Waals surface area (Å²) in [6, 6.07) is 9.09. The van der Waals surface area contributed by atoms with E-state index in [1.165, 1.54) is 26.4 Å². The van der Waals surface area contributed by atoms with Crippen molar-refractivity contribution in [2.24, 2.45) is 0 Å². The lowest BCUT2D eigenvalue weighted by molar-refractivity contribution is -0.384. The van der Waals surface area contributed by atoms with E-state index < -0.39 is 4.92 Å². The van der Waals surface area contributed by atoms with E-state index in [-0.39, 0.29) is 23.0 Å². The van der Waals surface area contributed by atoms with Crippen LogP contribution < -0.4 is 14.8 Å². The first-order valence-corrected chi connectivity index (χ1v) is 7.27. The highest BCUT2D eigenvalue weighted by molar-refractivity contribution is 6.32. The molecule has 7 nitrogen and oxygen atoms in total. The summed E-state index contributed by atoms with van der Waals surface area (Å²) >= 11 is 5.75. The molecular weight excluding hydrogens is 336 g/mol. The Balaban J connectivity index is 2.11. The molecule has 0 unspecified atom stereocenters. The number of carbonyl (C=O) groups is 1. The molecule has 0 aliphatic rings. The minimum absolute atomic E-state index is 0.0335. The molecule has 0 atom stereocenters. The number of anilines is 1. The summed E-state index contributed by atoms with van der Waals surface area (Å²) in [6.07, 6.45) is 0. The molecule has 1 N–H and O–H groups in total. The van der Waals surface area contributed by atoms with Crippen molar-refractivity contribution in [2.75, 3.05) is 26.1 Å². The van der Waals surface area contributed by atoms with Crippen LogP contribution in [0.1, 0.15) is 10.4 Å². The Morgan fingerprint density at radius 2 is 1.88 bits per heavy atom. The van der Waals surface area contributed by atoms with Gasteiger partial charge in [0.25, 0.3) is 5.69 Å². The van der Waals surface area contributed by atoms with Crippen molar-refractivity contribution in [3.05, 3.63) is 57.1 Å². The summed E-state index contributed by atoms with van der Waals surface area (Å²) in [4.78, 5) is 22.5. The Bertz CT molecular complexity index is 779. The first kappa shape index (κ1) is 17.6. The Labute approximate surface area is 143 Å². The molecule has 2 aromatic rings. The van der Waals surface area contributed by atoms with E-state index >= 15 is 0 Å². The van der Waals surface area contributed by atoms with Gasteiger partial charge in [0, 0.05) is 17.3 Å². The second-order valence-corrected chi connectivity index (χ2v) is 5.18. The number of ketones is 1. The SMILES string of the molecule is COc1ccc(C(=O)CNc2ccc(Cl)c([N+](=O)[O-])c2)cc1OC. The van der Waals surface area contributed by atoms with Gasteiger partial charge < -0.3 is 14.8 Å². The minimum atomic E-state index is -0.580. The lowest BCUT2D eigenvalue weighted by atomic mass is 10.1. The lowest BCUT2D eigenvalue weighted by Gasteiger charge is -2.10. The molecule has 2 rings (SSSR count). The van der Waals surface area contributed by atoms with Crippen molar-refractivity contribution >= 4 is 28.8 Å². The van der Waals surface area contributed by atoms with Crippen LogP contribution in [0, 0.1) is 10.1 Å². The number of hydrogen-bond donors (Lipinski definition) is 1. The minimum Gasteiger partial charge on any atom is -0.493 e. The standard InChI is InChI=1S/C16H15ClN2O5/c1-23-15-6-3-10(7-16(15)24-2)14(20)9-18-11-4-5-12(17)13(8-11)19(21)22/h3-8,18H,9H2,1-2H3. The van der Waals surface area contributed by atoms with E-state index in [0.717, 1.165) is 0 Å². The van der Waals surface area contributed by atoms with Crippen LogP contribution in [0.3, 0.4) is 0 Å². The molecule has 0 saturated carbocycles. The first-order valence-electron chi connectivity index (χ1n) is 6.89. The Morgan fingerprint density at radius 3 is 2.50 bits per heavy atom. The van der Waals surface area contributed by atoms with Crippen molar-refractivity contribution in [1.29, 1.82) is 0 Å². The van der Waals surface area contributed by atoms with Crippen molar-refractivity contribution in [1.82, 2.24) is 0 Å². The molecule has 0 heterocycles. The molecule has 0 fully saturated rings. The molecule has 8 heteroatoms. The van der Waals surface area contributed by atoms with Crippen LogP contribution in [0.15, 0.2) is 36.4 Å². The predicted molar refractivity (Wildman–Crippen MR) is 90.5 cm³/mol. The van der Waals surface area contributed by atoms with Gasteiger partial charge in [-0.3, -0.25) is 14.9 Å².